The van der Waals surface area contributed by atoms with Crippen molar-refractivity contribution in [3.63, 3.8) is 0 Å². The van der Waals surface area contributed by atoms with Gasteiger partial charge in [0, 0.05) is 35.7 Å². The molecule has 8 heteroatoms. The quantitative estimate of drug-likeness (QED) is 0.292. The highest BCUT2D eigenvalue weighted by Crippen LogP contribution is 2.43. The van der Waals surface area contributed by atoms with Gasteiger partial charge >= 0.3 is 5.97 Å². The average Bonchev–Trinajstić information content (AvgIpc) is 2.71. The Bertz CT molecular complexity index is 1350. The third kappa shape index (κ3) is 3.33. The van der Waals surface area contributed by atoms with Gasteiger partial charge in [-0.25, -0.2) is 4.79 Å². The molecular formula is C22H16N2O5S. The van der Waals surface area contributed by atoms with Crippen LogP contribution in [-0.2, 0) is 0 Å². The Balaban J connectivity index is 2.13. The van der Waals surface area contributed by atoms with Crippen molar-refractivity contribution in [1.29, 1.82) is 0 Å². The summed E-state index contributed by atoms with van der Waals surface area (Å²) in [4.78, 5) is 24.1. The normalized spacial score (nSPS) is 10.8. The summed E-state index contributed by atoms with van der Waals surface area (Å²) in [7, 11) is 1.63. The first-order valence-electron chi connectivity index (χ1n) is 8.94. The molecule has 30 heavy (non-hydrogen) atoms. The van der Waals surface area contributed by atoms with Crippen LogP contribution in [0.25, 0.3) is 33.4 Å². The molecule has 1 aliphatic carbocycles. The van der Waals surface area contributed by atoms with Gasteiger partial charge in [-0.2, -0.15) is 0 Å². The average molecular weight is 420 g/mol. The molecule has 0 fully saturated rings. The zero-order valence-corrected chi connectivity index (χ0v) is 16.5. The van der Waals surface area contributed by atoms with E-state index in [1.807, 2.05) is 0 Å². The molecule has 0 unspecified atom stereocenters. The fourth-order valence-corrected chi connectivity index (χ4v) is 3.54. The summed E-state index contributed by atoms with van der Waals surface area (Å²) >= 11 is 5.13. The van der Waals surface area contributed by atoms with Crippen molar-refractivity contribution in [2.75, 3.05) is 12.4 Å². The van der Waals surface area contributed by atoms with Crippen LogP contribution in [0, 0.1) is 0 Å². The molecule has 0 bridgehead atoms. The van der Waals surface area contributed by atoms with E-state index in [1.165, 1.54) is 24.3 Å². The summed E-state index contributed by atoms with van der Waals surface area (Å²) in [6, 6.07) is 13.9. The van der Waals surface area contributed by atoms with Crippen LogP contribution in [-0.4, -0.2) is 28.3 Å². The number of phenols is 1. The lowest BCUT2D eigenvalue weighted by atomic mass is 9.90. The van der Waals surface area contributed by atoms with Gasteiger partial charge in [0.2, 0.25) is 0 Å². The molecule has 7 nitrogen and oxygen atoms in total. The number of phenolic OH excluding ortho intramolecular Hbond substituents is 1. The minimum absolute atomic E-state index is 0.0110. The van der Waals surface area contributed by atoms with Crippen LogP contribution >= 0.6 is 12.2 Å². The van der Waals surface area contributed by atoms with E-state index in [1.54, 1.807) is 37.4 Å². The first-order valence-corrected chi connectivity index (χ1v) is 9.35. The van der Waals surface area contributed by atoms with E-state index < -0.39 is 5.97 Å². The fraction of sp³-hybridized carbons (Fsp3) is 0.0455. The van der Waals surface area contributed by atoms with Crippen molar-refractivity contribution in [3.05, 3.63) is 70.4 Å². The number of carboxylic acids is 1. The Morgan fingerprint density at radius 2 is 1.87 bits per heavy atom. The van der Waals surface area contributed by atoms with Gasteiger partial charge in [0.25, 0.3) is 0 Å². The minimum Gasteiger partial charge on any atom is -0.508 e. The van der Waals surface area contributed by atoms with Gasteiger partial charge in [0.15, 0.2) is 10.5 Å². The van der Waals surface area contributed by atoms with Gasteiger partial charge < -0.3 is 25.3 Å². The first kappa shape index (κ1) is 19.4. The van der Waals surface area contributed by atoms with Crippen molar-refractivity contribution in [1.82, 2.24) is 5.32 Å². The van der Waals surface area contributed by atoms with E-state index in [9.17, 15) is 19.8 Å². The summed E-state index contributed by atoms with van der Waals surface area (Å²) < 4.78 is 5.83. The Morgan fingerprint density at radius 3 is 2.60 bits per heavy atom. The third-order valence-corrected chi connectivity index (χ3v) is 5.01. The van der Waals surface area contributed by atoms with Gasteiger partial charge in [-0.05, 0) is 48.1 Å². The lowest BCUT2D eigenvalue weighted by Crippen LogP contribution is -2.25. The van der Waals surface area contributed by atoms with Crippen LogP contribution < -0.4 is 16.1 Å². The van der Waals surface area contributed by atoms with E-state index >= 15 is 0 Å². The molecule has 1 aliphatic heterocycles. The molecule has 4 rings (SSSR count). The molecular weight excluding hydrogens is 404 g/mol. The van der Waals surface area contributed by atoms with E-state index in [0.717, 1.165) is 0 Å². The number of carbonyl (C=O) groups is 1. The summed E-state index contributed by atoms with van der Waals surface area (Å²) in [5.41, 5.74) is 1.98. The maximum Gasteiger partial charge on any atom is 0.338 e. The zero-order valence-electron chi connectivity index (χ0n) is 15.7. The Kier molecular flexibility index (Phi) is 4.85. The second-order valence-corrected chi connectivity index (χ2v) is 6.96. The minimum atomic E-state index is -1.15. The summed E-state index contributed by atoms with van der Waals surface area (Å²) in [5, 5.41) is 26.4. The number of hydrogen-bond donors (Lipinski definition) is 4. The standard InChI is InChI=1S/C22H16N2O5S/c1-23-22(30)24-16-4-2-3-15(20(16)21(27)28)19-13-7-5-11(25)9-17(13)29-18-10-12(26)6-8-14(18)19/h2-10,25H,1H3,(H,27,28)(H2,23,24,30). The summed E-state index contributed by atoms with van der Waals surface area (Å²) in [6.45, 7) is 0. The molecule has 2 aromatic carbocycles. The predicted molar refractivity (Wildman–Crippen MR) is 118 cm³/mol. The highest BCUT2D eigenvalue weighted by Gasteiger charge is 2.24. The smallest absolute Gasteiger partial charge is 0.338 e. The van der Waals surface area contributed by atoms with Gasteiger partial charge in [-0.1, -0.05) is 12.1 Å². The third-order valence-electron chi connectivity index (χ3n) is 4.70. The largest absolute Gasteiger partial charge is 0.508 e. The van der Waals surface area contributed by atoms with Crippen molar-refractivity contribution < 1.29 is 19.4 Å². The molecule has 2 aliphatic rings. The summed E-state index contributed by atoms with van der Waals surface area (Å²) in [5.74, 6) is -0.868. The molecule has 4 N–H and O–H groups in total. The highest BCUT2D eigenvalue weighted by atomic mass is 32.1. The number of aromatic carboxylic acids is 1. The molecule has 0 saturated carbocycles. The SMILES string of the molecule is CNC(=S)Nc1cccc(-c2c3ccc(=O)cc-3oc3cc(O)ccc23)c1C(=O)O. The molecule has 150 valence electrons. The number of benzene rings is 3. The molecule has 1 heterocycles. The second-order valence-electron chi connectivity index (χ2n) is 6.55. The van der Waals surface area contributed by atoms with Crippen molar-refractivity contribution >= 4 is 40.0 Å². The molecule has 0 spiro atoms. The number of rotatable bonds is 3. The van der Waals surface area contributed by atoms with Gasteiger partial charge in [-0.15, -0.1) is 0 Å². The van der Waals surface area contributed by atoms with Crippen molar-refractivity contribution in [2.24, 2.45) is 0 Å². The van der Waals surface area contributed by atoms with E-state index in [2.05, 4.69) is 10.6 Å². The topological polar surface area (TPSA) is 112 Å². The number of carboxylic acid groups (broad SMARTS) is 1. The van der Waals surface area contributed by atoms with E-state index in [4.69, 9.17) is 16.6 Å². The van der Waals surface area contributed by atoms with Crippen molar-refractivity contribution in [2.45, 2.75) is 0 Å². The molecule has 0 aromatic heterocycles. The second kappa shape index (κ2) is 7.49. The van der Waals surface area contributed by atoms with Crippen LogP contribution in [0.4, 0.5) is 5.69 Å². The van der Waals surface area contributed by atoms with Gasteiger partial charge in [0.1, 0.15) is 17.1 Å². The van der Waals surface area contributed by atoms with Crippen LogP contribution in [0.3, 0.4) is 0 Å². The Labute approximate surface area is 175 Å². The molecule has 0 atom stereocenters. The fourth-order valence-electron chi connectivity index (χ4n) is 3.43. The number of hydrogen-bond acceptors (Lipinski definition) is 5. The Morgan fingerprint density at radius 1 is 1.07 bits per heavy atom. The number of aromatic hydroxyl groups is 1. The van der Waals surface area contributed by atoms with Crippen LogP contribution in [0.2, 0.25) is 0 Å². The monoisotopic (exact) mass is 420 g/mol. The first-order chi connectivity index (χ1) is 14.4. The lowest BCUT2D eigenvalue weighted by Gasteiger charge is -2.19. The number of anilines is 1. The molecule has 0 radical (unpaired) electrons. The van der Waals surface area contributed by atoms with Crippen LogP contribution in [0.1, 0.15) is 10.4 Å². The van der Waals surface area contributed by atoms with Crippen LogP contribution in [0.15, 0.2) is 63.8 Å². The number of thiocarbonyl (C=S) groups is 1. The van der Waals surface area contributed by atoms with Crippen molar-refractivity contribution in [3.8, 4) is 28.2 Å². The number of nitrogens with one attached hydrogen (secondary N) is 2. The Hall–Kier alpha value is -3.91. The maximum absolute atomic E-state index is 12.2. The van der Waals surface area contributed by atoms with E-state index in [-0.39, 0.29) is 27.6 Å². The molecule has 2 aromatic rings. The lowest BCUT2D eigenvalue weighted by molar-refractivity contribution is 0.0699. The molecule has 0 amide bonds. The summed E-state index contributed by atoms with van der Waals surface area (Å²) in [6.07, 6.45) is 0. The molecule has 0 saturated heterocycles. The highest BCUT2D eigenvalue weighted by molar-refractivity contribution is 7.80. The van der Waals surface area contributed by atoms with Gasteiger partial charge in [-0.3, -0.25) is 4.79 Å². The van der Waals surface area contributed by atoms with Crippen LogP contribution in [0.5, 0.6) is 5.75 Å². The van der Waals surface area contributed by atoms with E-state index in [0.29, 0.717) is 33.3 Å². The predicted octanol–water partition coefficient (Wildman–Crippen LogP) is 3.88. The van der Waals surface area contributed by atoms with Gasteiger partial charge in [0.05, 0.1) is 11.3 Å². The maximum atomic E-state index is 12.2. The number of fused-ring (bicyclic) bond motifs is 2. The zero-order chi connectivity index (χ0) is 21.4.